The molecule has 2 aromatic rings. The zero-order valence-corrected chi connectivity index (χ0v) is 12.4. The molecule has 0 saturated carbocycles. The van der Waals surface area contributed by atoms with Crippen LogP contribution in [-0.2, 0) is 9.53 Å². The van der Waals surface area contributed by atoms with Gasteiger partial charge in [-0.2, -0.15) is 5.11 Å². The summed E-state index contributed by atoms with van der Waals surface area (Å²) in [5.41, 5.74) is 2.80. The molecule has 110 valence electrons. The number of hydrogen-bond acceptors (Lipinski definition) is 5. The molecule has 0 unspecified atom stereocenters. The third kappa shape index (κ3) is 5.86. The van der Waals surface area contributed by atoms with Crippen molar-refractivity contribution in [2.75, 3.05) is 26.1 Å². The number of methoxy groups -OCH3 is 1. The number of ether oxygens (including phenoxy) is 1. The van der Waals surface area contributed by atoms with Gasteiger partial charge < -0.3 is 9.64 Å². The summed E-state index contributed by atoms with van der Waals surface area (Å²) < 4.78 is 3.86. The maximum Gasteiger partial charge on any atom is 0.292 e. The van der Waals surface area contributed by atoms with Gasteiger partial charge in [0.05, 0.1) is 18.5 Å². The summed E-state index contributed by atoms with van der Waals surface area (Å²) in [6.45, 7) is 0.375. The average molecular weight is 285 g/mol. The monoisotopic (exact) mass is 285 g/mol. The van der Waals surface area contributed by atoms with E-state index in [1.165, 1.54) is 7.11 Å². The molecule has 0 bridgehead atoms. The zero-order valence-electron chi connectivity index (χ0n) is 12.4. The SMILES string of the molecule is CN(C)c1ccccc1N=Nc1ccccc1.COC=O. The van der Waals surface area contributed by atoms with Crippen LogP contribution in [0.3, 0.4) is 0 Å². The fraction of sp³-hybridized carbons (Fsp3) is 0.188. The van der Waals surface area contributed by atoms with Gasteiger partial charge in [0.2, 0.25) is 0 Å². The quantitative estimate of drug-likeness (QED) is 0.631. The highest BCUT2D eigenvalue weighted by Crippen LogP contribution is 2.28. The second-order valence-electron chi connectivity index (χ2n) is 4.25. The molecule has 0 atom stereocenters. The Balaban J connectivity index is 0.000000491. The molecule has 0 fully saturated rings. The molecular weight excluding hydrogens is 266 g/mol. The normalized spacial score (nSPS) is 9.67. The van der Waals surface area contributed by atoms with Gasteiger partial charge in [-0.05, 0) is 24.3 Å². The number of carbonyl (C=O) groups is 1. The molecule has 0 aliphatic rings. The number of para-hydroxylation sites is 1. The van der Waals surface area contributed by atoms with Crippen LogP contribution in [0, 0.1) is 0 Å². The van der Waals surface area contributed by atoms with Crippen molar-refractivity contribution in [3.05, 3.63) is 54.6 Å². The predicted molar refractivity (Wildman–Crippen MR) is 84.5 cm³/mol. The Hall–Kier alpha value is -2.69. The van der Waals surface area contributed by atoms with Gasteiger partial charge in [-0.25, -0.2) is 0 Å². The van der Waals surface area contributed by atoms with E-state index in [1.807, 2.05) is 73.6 Å². The maximum absolute atomic E-state index is 8.95. The average Bonchev–Trinajstić information content (AvgIpc) is 2.54. The van der Waals surface area contributed by atoms with Crippen molar-refractivity contribution in [2.45, 2.75) is 0 Å². The highest BCUT2D eigenvalue weighted by Gasteiger charge is 2.01. The molecule has 5 heteroatoms. The van der Waals surface area contributed by atoms with Gasteiger partial charge >= 0.3 is 0 Å². The molecule has 0 aliphatic heterocycles. The van der Waals surface area contributed by atoms with Gasteiger partial charge in [-0.3, -0.25) is 4.79 Å². The first kappa shape index (κ1) is 16.4. The Morgan fingerprint density at radius 3 is 2.10 bits per heavy atom. The van der Waals surface area contributed by atoms with Crippen molar-refractivity contribution in [1.29, 1.82) is 0 Å². The van der Waals surface area contributed by atoms with Crippen molar-refractivity contribution in [3.8, 4) is 0 Å². The van der Waals surface area contributed by atoms with E-state index in [1.54, 1.807) is 0 Å². The molecule has 5 nitrogen and oxygen atoms in total. The molecule has 0 aliphatic carbocycles. The van der Waals surface area contributed by atoms with Gasteiger partial charge in [-0.1, -0.05) is 30.3 Å². The van der Waals surface area contributed by atoms with Gasteiger partial charge in [-0.15, -0.1) is 5.11 Å². The summed E-state index contributed by atoms with van der Waals surface area (Å²) in [5.74, 6) is 0. The van der Waals surface area contributed by atoms with E-state index in [2.05, 4.69) is 15.0 Å². The van der Waals surface area contributed by atoms with Crippen LogP contribution < -0.4 is 4.90 Å². The second-order valence-corrected chi connectivity index (χ2v) is 4.25. The first-order chi connectivity index (χ1) is 10.2. The highest BCUT2D eigenvalue weighted by molar-refractivity contribution is 5.65. The van der Waals surface area contributed by atoms with Crippen LogP contribution >= 0.6 is 0 Å². The minimum Gasteiger partial charge on any atom is -0.471 e. The summed E-state index contributed by atoms with van der Waals surface area (Å²) in [4.78, 5) is 11.0. The summed E-state index contributed by atoms with van der Waals surface area (Å²) >= 11 is 0. The number of hydrogen-bond donors (Lipinski definition) is 0. The van der Waals surface area contributed by atoms with Crippen LogP contribution in [-0.4, -0.2) is 27.7 Å². The molecule has 0 spiro atoms. The Bertz CT molecular complexity index is 569. The van der Waals surface area contributed by atoms with E-state index in [-0.39, 0.29) is 0 Å². The number of nitrogens with zero attached hydrogens (tertiary/aromatic N) is 3. The van der Waals surface area contributed by atoms with Crippen molar-refractivity contribution in [3.63, 3.8) is 0 Å². The Morgan fingerprint density at radius 2 is 1.52 bits per heavy atom. The Kier molecular flexibility index (Phi) is 7.21. The second kappa shape index (κ2) is 9.25. The molecule has 0 saturated heterocycles. The van der Waals surface area contributed by atoms with E-state index < -0.39 is 0 Å². The lowest BCUT2D eigenvalue weighted by Crippen LogP contribution is -2.08. The molecule has 0 aromatic heterocycles. The number of rotatable bonds is 4. The van der Waals surface area contributed by atoms with Gasteiger partial charge in [0, 0.05) is 14.1 Å². The van der Waals surface area contributed by atoms with E-state index >= 15 is 0 Å². The zero-order chi connectivity index (χ0) is 15.5. The van der Waals surface area contributed by atoms with Crippen molar-refractivity contribution < 1.29 is 9.53 Å². The highest BCUT2D eigenvalue weighted by atomic mass is 16.5. The van der Waals surface area contributed by atoms with Crippen LogP contribution in [0.1, 0.15) is 0 Å². The van der Waals surface area contributed by atoms with E-state index in [9.17, 15) is 0 Å². The number of benzene rings is 2. The molecule has 0 N–H and O–H groups in total. The maximum atomic E-state index is 8.95. The van der Waals surface area contributed by atoms with E-state index in [0.29, 0.717) is 6.47 Å². The van der Waals surface area contributed by atoms with Crippen molar-refractivity contribution in [2.24, 2.45) is 10.2 Å². The summed E-state index contributed by atoms with van der Waals surface area (Å²) in [6, 6.07) is 17.7. The minimum atomic E-state index is 0.375. The largest absolute Gasteiger partial charge is 0.471 e. The number of anilines is 1. The predicted octanol–water partition coefficient (Wildman–Crippen LogP) is 3.96. The summed E-state index contributed by atoms with van der Waals surface area (Å²) in [6.07, 6.45) is 0. The molecule has 0 amide bonds. The Labute approximate surface area is 124 Å². The summed E-state index contributed by atoms with van der Waals surface area (Å²) in [7, 11) is 5.31. The third-order valence-corrected chi connectivity index (χ3v) is 2.49. The van der Waals surface area contributed by atoms with Crippen LogP contribution in [0.4, 0.5) is 17.1 Å². The lowest BCUT2D eigenvalue weighted by molar-refractivity contribution is -0.126. The molecule has 2 rings (SSSR count). The topological polar surface area (TPSA) is 54.3 Å². The fourth-order valence-corrected chi connectivity index (χ4v) is 1.53. The number of carbonyl (C=O) groups excluding carboxylic acids is 1. The standard InChI is InChI=1S/C14H15N3.C2H4O2/c1-17(2)14-11-7-6-10-13(14)16-15-12-8-4-3-5-9-12;1-4-2-3/h3-11H,1-2H3;2H,1H3. The van der Waals surface area contributed by atoms with E-state index in [0.717, 1.165) is 17.1 Å². The molecule has 2 aromatic carbocycles. The van der Waals surface area contributed by atoms with Crippen molar-refractivity contribution in [1.82, 2.24) is 0 Å². The fourth-order valence-electron chi connectivity index (χ4n) is 1.53. The Morgan fingerprint density at radius 1 is 0.952 bits per heavy atom. The molecule has 0 radical (unpaired) electrons. The van der Waals surface area contributed by atoms with Crippen LogP contribution in [0.15, 0.2) is 64.8 Å². The molecule has 0 heterocycles. The van der Waals surface area contributed by atoms with Gasteiger partial charge in [0.15, 0.2) is 0 Å². The smallest absolute Gasteiger partial charge is 0.292 e. The lowest BCUT2D eigenvalue weighted by atomic mass is 10.2. The van der Waals surface area contributed by atoms with E-state index in [4.69, 9.17) is 4.79 Å². The minimum absolute atomic E-state index is 0.375. The lowest BCUT2D eigenvalue weighted by Gasteiger charge is -2.13. The van der Waals surface area contributed by atoms with Gasteiger partial charge in [0.25, 0.3) is 6.47 Å². The third-order valence-electron chi connectivity index (χ3n) is 2.49. The summed E-state index contributed by atoms with van der Waals surface area (Å²) in [5, 5.41) is 8.50. The van der Waals surface area contributed by atoms with Crippen LogP contribution in [0.2, 0.25) is 0 Å². The van der Waals surface area contributed by atoms with Gasteiger partial charge in [0.1, 0.15) is 5.69 Å². The van der Waals surface area contributed by atoms with Crippen molar-refractivity contribution >= 4 is 23.5 Å². The first-order valence-corrected chi connectivity index (χ1v) is 6.38. The van der Waals surface area contributed by atoms with Crippen LogP contribution in [0.5, 0.6) is 0 Å². The number of azo groups is 1. The first-order valence-electron chi connectivity index (χ1n) is 6.38. The molecule has 21 heavy (non-hydrogen) atoms. The van der Waals surface area contributed by atoms with Crippen LogP contribution in [0.25, 0.3) is 0 Å². The molecular formula is C16H19N3O2.